The van der Waals surface area contributed by atoms with E-state index in [1.807, 2.05) is 0 Å². The summed E-state index contributed by atoms with van der Waals surface area (Å²) in [4.78, 5) is 0. The molecule has 0 aliphatic carbocycles. The van der Waals surface area contributed by atoms with Gasteiger partial charge in [0.05, 0.1) is 24.1 Å². The highest BCUT2D eigenvalue weighted by Crippen LogP contribution is 2.16. The highest BCUT2D eigenvalue weighted by Gasteiger charge is 2.07. The number of nitrogens with zero attached hydrogens (tertiary/aromatic N) is 2. The second-order valence-electron chi connectivity index (χ2n) is 5.26. The van der Waals surface area contributed by atoms with Crippen LogP contribution in [0.25, 0.3) is 0 Å². The molecule has 3 rings (SSSR count). The number of rotatable bonds is 4. The number of nitrogens with one attached hydrogen (secondary N) is 2. The summed E-state index contributed by atoms with van der Waals surface area (Å²) in [5.74, 6) is -1.70. The summed E-state index contributed by atoms with van der Waals surface area (Å²) in [6.07, 6.45) is 3.26. The van der Waals surface area contributed by atoms with Gasteiger partial charge in [-0.25, -0.2) is 13.2 Å². The molecular weight excluding hydrogens is 349 g/mol. The van der Waals surface area contributed by atoms with E-state index in [2.05, 4.69) is 15.7 Å². The Morgan fingerprint density at radius 3 is 2.44 bits per heavy atom. The van der Waals surface area contributed by atoms with Crippen LogP contribution in [0.3, 0.4) is 0 Å². The highest BCUT2D eigenvalue weighted by molar-refractivity contribution is 7.80. The topological polar surface area (TPSA) is 41.9 Å². The summed E-state index contributed by atoms with van der Waals surface area (Å²) in [6.45, 7) is 0.467. The fourth-order valence-electron chi connectivity index (χ4n) is 2.17. The average molecular weight is 362 g/mol. The second kappa shape index (κ2) is 7.35. The Morgan fingerprint density at radius 1 is 1.00 bits per heavy atom. The monoisotopic (exact) mass is 362 g/mol. The van der Waals surface area contributed by atoms with Gasteiger partial charge in [-0.05, 0) is 42.0 Å². The minimum Gasteiger partial charge on any atom is -0.330 e. The summed E-state index contributed by atoms with van der Waals surface area (Å²) >= 11 is 5.10. The van der Waals surface area contributed by atoms with Crippen molar-refractivity contribution < 1.29 is 13.2 Å². The number of hydrogen-bond donors (Lipinski definition) is 2. The van der Waals surface area contributed by atoms with Crippen molar-refractivity contribution in [3.8, 4) is 0 Å². The fourth-order valence-corrected chi connectivity index (χ4v) is 2.39. The van der Waals surface area contributed by atoms with E-state index in [9.17, 15) is 13.2 Å². The summed E-state index contributed by atoms with van der Waals surface area (Å²) in [7, 11) is 0. The minimum atomic E-state index is -0.740. The van der Waals surface area contributed by atoms with Crippen molar-refractivity contribution in [2.75, 3.05) is 10.6 Å². The molecular formula is C17H13F3N4S. The standard InChI is InChI=1S/C17H13F3N4S/c18-12-3-1-11(2-4-12)9-24-10-14(8-21-24)22-17(25)23-16-6-5-13(19)7-15(16)20/h1-8,10H,9H2,(H2,22,23,25). The Kier molecular flexibility index (Phi) is 4.99. The molecule has 0 bridgehead atoms. The normalized spacial score (nSPS) is 10.5. The van der Waals surface area contributed by atoms with Gasteiger partial charge in [0.2, 0.25) is 0 Å². The van der Waals surface area contributed by atoms with Crippen LogP contribution in [0.1, 0.15) is 5.56 Å². The van der Waals surface area contributed by atoms with Gasteiger partial charge in [0.1, 0.15) is 17.5 Å². The van der Waals surface area contributed by atoms with Crippen LogP contribution in [-0.2, 0) is 6.54 Å². The molecule has 2 N–H and O–H groups in total. The van der Waals surface area contributed by atoms with E-state index in [0.717, 1.165) is 17.7 Å². The second-order valence-corrected chi connectivity index (χ2v) is 5.66. The molecule has 0 unspecified atom stereocenters. The smallest absolute Gasteiger partial charge is 0.175 e. The lowest BCUT2D eigenvalue weighted by molar-refractivity contribution is 0.586. The summed E-state index contributed by atoms with van der Waals surface area (Å²) < 4.78 is 41.0. The summed E-state index contributed by atoms with van der Waals surface area (Å²) in [5, 5.41) is 9.83. The van der Waals surface area contributed by atoms with Crippen LogP contribution in [0, 0.1) is 17.5 Å². The molecule has 0 saturated heterocycles. The van der Waals surface area contributed by atoms with Crippen LogP contribution in [0.15, 0.2) is 54.9 Å². The molecule has 1 aromatic heterocycles. The predicted octanol–water partition coefficient (Wildman–Crippen LogP) is 4.16. The number of anilines is 2. The molecule has 0 radical (unpaired) electrons. The Labute approximate surface area is 147 Å². The molecule has 8 heteroatoms. The van der Waals surface area contributed by atoms with Gasteiger partial charge in [0.15, 0.2) is 5.11 Å². The van der Waals surface area contributed by atoms with Crippen LogP contribution in [0.2, 0.25) is 0 Å². The largest absolute Gasteiger partial charge is 0.330 e. The van der Waals surface area contributed by atoms with E-state index >= 15 is 0 Å². The van der Waals surface area contributed by atoms with Crippen LogP contribution in [-0.4, -0.2) is 14.9 Å². The third-order valence-electron chi connectivity index (χ3n) is 3.33. The van der Waals surface area contributed by atoms with Crippen LogP contribution in [0.4, 0.5) is 24.5 Å². The molecule has 0 aliphatic heterocycles. The molecule has 2 aromatic carbocycles. The fraction of sp³-hybridized carbons (Fsp3) is 0.0588. The first-order chi connectivity index (χ1) is 12.0. The number of hydrogen-bond acceptors (Lipinski definition) is 2. The third kappa shape index (κ3) is 4.57. The zero-order valence-corrected chi connectivity index (χ0v) is 13.7. The summed E-state index contributed by atoms with van der Waals surface area (Å²) in [6, 6.07) is 9.28. The van der Waals surface area contributed by atoms with Gasteiger partial charge >= 0.3 is 0 Å². The Bertz CT molecular complexity index is 893. The number of halogens is 3. The maximum atomic E-state index is 13.6. The lowest BCUT2D eigenvalue weighted by Crippen LogP contribution is -2.19. The molecule has 3 aromatic rings. The van der Waals surface area contributed by atoms with E-state index < -0.39 is 11.6 Å². The molecule has 0 saturated carbocycles. The van der Waals surface area contributed by atoms with Crippen molar-refractivity contribution in [1.82, 2.24) is 9.78 Å². The van der Waals surface area contributed by atoms with Crippen molar-refractivity contribution in [2.45, 2.75) is 6.54 Å². The first-order valence-corrected chi connectivity index (χ1v) is 7.70. The van der Waals surface area contributed by atoms with Gasteiger partial charge in [-0.2, -0.15) is 5.10 Å². The lowest BCUT2D eigenvalue weighted by atomic mass is 10.2. The molecule has 0 fully saturated rings. The molecule has 0 aliphatic rings. The predicted molar refractivity (Wildman–Crippen MR) is 93.9 cm³/mol. The van der Waals surface area contributed by atoms with Gasteiger partial charge in [-0.1, -0.05) is 12.1 Å². The molecule has 128 valence electrons. The van der Waals surface area contributed by atoms with Crippen molar-refractivity contribution >= 4 is 28.7 Å². The molecule has 0 spiro atoms. The minimum absolute atomic E-state index is 0.0672. The van der Waals surface area contributed by atoms with Crippen molar-refractivity contribution in [3.05, 3.63) is 77.9 Å². The van der Waals surface area contributed by atoms with Gasteiger partial charge in [-0.15, -0.1) is 0 Å². The quantitative estimate of drug-likeness (QED) is 0.684. The molecule has 0 atom stereocenters. The van der Waals surface area contributed by atoms with Crippen molar-refractivity contribution in [3.63, 3.8) is 0 Å². The van der Waals surface area contributed by atoms with E-state index in [1.165, 1.54) is 18.2 Å². The Hall–Kier alpha value is -2.87. The molecule has 25 heavy (non-hydrogen) atoms. The zero-order chi connectivity index (χ0) is 17.8. The lowest BCUT2D eigenvalue weighted by Gasteiger charge is -2.09. The van der Waals surface area contributed by atoms with E-state index in [4.69, 9.17) is 12.2 Å². The molecule has 1 heterocycles. The van der Waals surface area contributed by atoms with E-state index in [1.54, 1.807) is 29.2 Å². The Balaban J connectivity index is 1.60. The maximum Gasteiger partial charge on any atom is 0.175 e. The van der Waals surface area contributed by atoms with Gasteiger partial charge < -0.3 is 10.6 Å². The van der Waals surface area contributed by atoms with Crippen LogP contribution < -0.4 is 10.6 Å². The van der Waals surface area contributed by atoms with Crippen molar-refractivity contribution in [1.29, 1.82) is 0 Å². The summed E-state index contributed by atoms with van der Waals surface area (Å²) in [5.41, 5.74) is 1.56. The highest BCUT2D eigenvalue weighted by atomic mass is 32.1. The van der Waals surface area contributed by atoms with E-state index in [0.29, 0.717) is 12.2 Å². The SMILES string of the molecule is Fc1ccc(Cn2cc(NC(=S)Nc3ccc(F)cc3F)cn2)cc1. The van der Waals surface area contributed by atoms with Crippen molar-refractivity contribution in [2.24, 2.45) is 0 Å². The first-order valence-electron chi connectivity index (χ1n) is 7.29. The van der Waals surface area contributed by atoms with Crippen LogP contribution in [0.5, 0.6) is 0 Å². The van der Waals surface area contributed by atoms with Gasteiger partial charge in [-0.3, -0.25) is 4.68 Å². The maximum absolute atomic E-state index is 13.6. The van der Waals surface area contributed by atoms with Gasteiger partial charge in [0.25, 0.3) is 0 Å². The van der Waals surface area contributed by atoms with E-state index in [-0.39, 0.29) is 16.6 Å². The number of benzene rings is 2. The number of thiocarbonyl (C=S) groups is 1. The molecule has 0 amide bonds. The average Bonchev–Trinajstić information content (AvgIpc) is 2.99. The zero-order valence-electron chi connectivity index (χ0n) is 12.8. The van der Waals surface area contributed by atoms with Gasteiger partial charge in [0, 0.05) is 12.3 Å². The molecule has 4 nitrogen and oxygen atoms in total. The van der Waals surface area contributed by atoms with Crippen LogP contribution >= 0.6 is 12.2 Å². The third-order valence-corrected chi connectivity index (χ3v) is 3.53. The number of aromatic nitrogens is 2. The Morgan fingerprint density at radius 2 is 1.72 bits per heavy atom. The first kappa shape index (κ1) is 17.0.